The first kappa shape index (κ1) is 15.9. The molecule has 0 saturated carbocycles. The monoisotopic (exact) mass is 381 g/mol. The lowest BCUT2D eigenvalue weighted by Crippen LogP contribution is -2.12. The maximum atomic E-state index is 13.7. The fourth-order valence-corrected chi connectivity index (χ4v) is 2.37. The van der Waals surface area contributed by atoms with Crippen LogP contribution in [0.2, 0.25) is 5.15 Å². The molecule has 0 saturated heterocycles. The Balaban J connectivity index is 2.50. The first-order valence-corrected chi connectivity index (χ1v) is 6.61. The van der Waals surface area contributed by atoms with E-state index in [4.69, 9.17) is 11.6 Å². The van der Waals surface area contributed by atoms with E-state index in [1.807, 2.05) is 0 Å². The summed E-state index contributed by atoms with van der Waals surface area (Å²) < 4.78 is 51.3. The fourth-order valence-electron chi connectivity index (χ4n) is 1.61. The topological polar surface area (TPSA) is 30.0 Å². The van der Waals surface area contributed by atoms with Gasteiger partial charge in [-0.25, -0.2) is 9.37 Å². The van der Waals surface area contributed by atoms with Crippen LogP contribution in [0.5, 0.6) is 0 Å². The van der Waals surface area contributed by atoms with E-state index in [-0.39, 0.29) is 15.6 Å². The van der Waals surface area contributed by atoms with Crippen molar-refractivity contribution < 1.29 is 22.4 Å². The Kier molecular flexibility index (Phi) is 4.34. The summed E-state index contributed by atoms with van der Waals surface area (Å²) >= 11 is 8.63. The van der Waals surface area contributed by atoms with Gasteiger partial charge in [0.05, 0.1) is 11.1 Å². The normalized spacial score (nSPS) is 11.5. The summed E-state index contributed by atoms with van der Waals surface area (Å²) in [4.78, 5) is 15.3. The van der Waals surface area contributed by atoms with E-state index in [9.17, 15) is 22.4 Å². The van der Waals surface area contributed by atoms with Gasteiger partial charge in [0.15, 0.2) is 5.78 Å². The van der Waals surface area contributed by atoms with Crippen molar-refractivity contribution in [2.45, 2.75) is 6.18 Å². The van der Waals surface area contributed by atoms with Gasteiger partial charge in [-0.2, -0.15) is 13.2 Å². The maximum Gasteiger partial charge on any atom is 0.433 e. The van der Waals surface area contributed by atoms with Crippen molar-refractivity contribution in [1.82, 2.24) is 4.98 Å². The Morgan fingerprint density at radius 3 is 2.38 bits per heavy atom. The summed E-state index contributed by atoms with van der Waals surface area (Å²) in [6.45, 7) is 0. The molecule has 1 aromatic heterocycles. The summed E-state index contributed by atoms with van der Waals surface area (Å²) in [5.74, 6) is -1.67. The SMILES string of the molecule is O=C(c1ccc(C(F)(F)F)nc1Cl)c1c(F)cccc1Br. The largest absolute Gasteiger partial charge is 0.433 e. The highest BCUT2D eigenvalue weighted by atomic mass is 79.9. The molecule has 110 valence electrons. The predicted octanol–water partition coefficient (Wildman–Crippen LogP) is 4.89. The van der Waals surface area contributed by atoms with Gasteiger partial charge in [0, 0.05) is 4.47 Å². The molecule has 2 rings (SSSR count). The quantitative estimate of drug-likeness (QED) is 0.421. The van der Waals surface area contributed by atoms with Gasteiger partial charge in [-0.3, -0.25) is 4.79 Å². The number of carbonyl (C=O) groups excluding carboxylic acids is 1. The minimum absolute atomic E-state index is 0.170. The smallest absolute Gasteiger partial charge is 0.288 e. The zero-order chi connectivity index (χ0) is 15.8. The Morgan fingerprint density at radius 1 is 1.19 bits per heavy atom. The molecule has 0 unspecified atom stereocenters. The van der Waals surface area contributed by atoms with Gasteiger partial charge in [0.1, 0.15) is 16.7 Å². The summed E-state index contributed by atoms with van der Waals surface area (Å²) in [6, 6.07) is 5.36. The van der Waals surface area contributed by atoms with Gasteiger partial charge in [0.2, 0.25) is 0 Å². The number of pyridine rings is 1. The van der Waals surface area contributed by atoms with Crippen molar-refractivity contribution >= 4 is 33.3 Å². The van der Waals surface area contributed by atoms with Gasteiger partial charge >= 0.3 is 6.18 Å². The van der Waals surface area contributed by atoms with Gasteiger partial charge in [-0.05, 0) is 40.2 Å². The molecule has 0 aliphatic carbocycles. The molecule has 21 heavy (non-hydrogen) atoms. The van der Waals surface area contributed by atoms with Crippen molar-refractivity contribution in [3.05, 3.63) is 62.6 Å². The number of aromatic nitrogens is 1. The second kappa shape index (κ2) is 5.73. The fraction of sp³-hybridized carbons (Fsp3) is 0.0769. The summed E-state index contributed by atoms with van der Waals surface area (Å²) in [5, 5.41) is -0.634. The van der Waals surface area contributed by atoms with Gasteiger partial charge < -0.3 is 0 Å². The molecule has 0 spiro atoms. The highest BCUT2D eigenvalue weighted by Crippen LogP contribution is 2.31. The highest BCUT2D eigenvalue weighted by molar-refractivity contribution is 9.10. The summed E-state index contributed by atoms with van der Waals surface area (Å²) in [5.41, 5.74) is -1.85. The second-order valence-corrected chi connectivity index (χ2v) is 5.17. The maximum absolute atomic E-state index is 13.7. The number of rotatable bonds is 2. The Morgan fingerprint density at radius 2 is 1.86 bits per heavy atom. The molecule has 0 aliphatic heterocycles. The Hall–Kier alpha value is -1.47. The lowest BCUT2D eigenvalue weighted by Gasteiger charge is -2.09. The molecule has 0 bridgehead atoms. The van der Waals surface area contributed by atoms with Gasteiger partial charge in [-0.15, -0.1) is 0 Å². The highest BCUT2D eigenvalue weighted by Gasteiger charge is 2.33. The van der Waals surface area contributed by atoms with Crippen molar-refractivity contribution in [2.75, 3.05) is 0 Å². The molecule has 0 atom stereocenters. The number of ketones is 1. The van der Waals surface area contributed by atoms with Crippen molar-refractivity contribution in [1.29, 1.82) is 0 Å². The van der Waals surface area contributed by atoms with Crippen LogP contribution in [-0.2, 0) is 6.18 Å². The molecule has 0 fully saturated rings. The first-order valence-electron chi connectivity index (χ1n) is 5.44. The minimum Gasteiger partial charge on any atom is -0.288 e. The van der Waals surface area contributed by atoms with Crippen LogP contribution < -0.4 is 0 Å². The average molecular weight is 383 g/mol. The molecular weight excluding hydrogens is 377 g/mol. The van der Waals surface area contributed by atoms with Crippen LogP contribution in [0.4, 0.5) is 17.6 Å². The molecule has 2 aromatic rings. The number of halogens is 6. The van der Waals surface area contributed by atoms with Crippen molar-refractivity contribution in [2.24, 2.45) is 0 Å². The third-order valence-corrected chi connectivity index (χ3v) is 3.52. The molecular formula is C13H5BrClF4NO. The lowest BCUT2D eigenvalue weighted by molar-refractivity contribution is -0.141. The number of alkyl halides is 3. The summed E-state index contributed by atoms with van der Waals surface area (Å²) in [7, 11) is 0. The van der Waals surface area contributed by atoms with E-state index in [0.717, 1.165) is 12.1 Å². The minimum atomic E-state index is -4.68. The third kappa shape index (κ3) is 3.24. The number of hydrogen-bond acceptors (Lipinski definition) is 2. The van der Waals surface area contributed by atoms with Crippen LogP contribution in [0, 0.1) is 5.82 Å². The Bertz CT molecular complexity index is 698. The molecule has 8 heteroatoms. The number of benzene rings is 1. The van der Waals surface area contributed by atoms with E-state index < -0.39 is 28.6 Å². The molecule has 2 nitrogen and oxygen atoms in total. The number of hydrogen-bond donors (Lipinski definition) is 0. The predicted molar refractivity (Wildman–Crippen MR) is 71.8 cm³/mol. The zero-order valence-corrected chi connectivity index (χ0v) is 12.4. The van der Waals surface area contributed by atoms with E-state index in [0.29, 0.717) is 6.07 Å². The average Bonchev–Trinajstić information content (AvgIpc) is 2.37. The zero-order valence-electron chi connectivity index (χ0n) is 10.0. The van der Waals surface area contributed by atoms with E-state index in [1.165, 1.54) is 12.1 Å². The van der Waals surface area contributed by atoms with Crippen LogP contribution in [0.15, 0.2) is 34.8 Å². The second-order valence-electron chi connectivity index (χ2n) is 3.96. The van der Waals surface area contributed by atoms with Crippen LogP contribution in [-0.4, -0.2) is 10.8 Å². The van der Waals surface area contributed by atoms with Crippen LogP contribution >= 0.6 is 27.5 Å². The van der Waals surface area contributed by atoms with Crippen molar-refractivity contribution in [3.63, 3.8) is 0 Å². The van der Waals surface area contributed by atoms with E-state index in [1.54, 1.807) is 0 Å². The molecule has 1 heterocycles. The molecule has 0 radical (unpaired) electrons. The number of nitrogens with zero attached hydrogens (tertiary/aromatic N) is 1. The first-order chi connectivity index (χ1) is 9.71. The van der Waals surface area contributed by atoms with E-state index in [2.05, 4.69) is 20.9 Å². The molecule has 0 N–H and O–H groups in total. The van der Waals surface area contributed by atoms with Gasteiger partial charge in [-0.1, -0.05) is 17.7 Å². The van der Waals surface area contributed by atoms with Crippen molar-refractivity contribution in [3.8, 4) is 0 Å². The van der Waals surface area contributed by atoms with Crippen LogP contribution in [0.25, 0.3) is 0 Å². The van der Waals surface area contributed by atoms with Gasteiger partial charge in [0.25, 0.3) is 0 Å². The molecule has 0 aliphatic rings. The third-order valence-electron chi connectivity index (χ3n) is 2.57. The summed E-state index contributed by atoms with van der Waals surface area (Å²) in [6.07, 6.45) is -4.68. The van der Waals surface area contributed by atoms with Crippen LogP contribution in [0.1, 0.15) is 21.6 Å². The molecule has 0 amide bonds. The van der Waals surface area contributed by atoms with Crippen LogP contribution in [0.3, 0.4) is 0 Å². The number of carbonyl (C=O) groups is 1. The lowest BCUT2D eigenvalue weighted by atomic mass is 10.0. The molecule has 1 aromatic carbocycles. The Labute approximate surface area is 129 Å². The standard InChI is InChI=1S/C13H5BrClF4NO/c14-7-2-1-3-8(16)10(7)11(21)6-4-5-9(13(17,18)19)20-12(6)15/h1-5H. The van der Waals surface area contributed by atoms with E-state index >= 15 is 0 Å².